The number of hydrogen-bond acceptors (Lipinski definition) is 4. The molecule has 12 nitrogen and oxygen atoms in total. The van der Waals surface area contributed by atoms with Crippen LogP contribution in [-0.2, 0) is 37.3 Å². The van der Waals surface area contributed by atoms with E-state index in [4.69, 9.17) is 19.2 Å². The molecule has 0 aromatic rings. The van der Waals surface area contributed by atoms with Crippen LogP contribution < -0.4 is 14.7 Å². The van der Waals surface area contributed by atoms with Crippen LogP contribution in [0.15, 0.2) is 0 Å². The molecule has 0 aliphatic carbocycles. The van der Waals surface area contributed by atoms with Gasteiger partial charge < -0.3 is 63.1 Å². The fourth-order valence-corrected chi connectivity index (χ4v) is 0. The van der Waals surface area contributed by atoms with Crippen molar-refractivity contribution >= 4 is 7.82 Å². The first-order valence-electron chi connectivity index (χ1n) is 0.730. The Hall–Kier alpha value is 0.894. The molecule has 14 heteroatoms. The summed E-state index contributed by atoms with van der Waals surface area (Å²) in [5.74, 6) is 0. The van der Waals surface area contributed by atoms with E-state index in [-0.39, 0.29) is 76.5 Å². The second-order valence-corrected chi connectivity index (χ2v) is 1.34. The molecule has 0 atom stereocenters. The number of hydrogen-bond donors (Lipinski definition) is 0. The summed E-state index contributed by atoms with van der Waals surface area (Å²) in [6.07, 6.45) is 0. The van der Waals surface area contributed by atoms with Crippen molar-refractivity contribution in [3.8, 4) is 0 Å². The second-order valence-electron chi connectivity index (χ2n) is 0.447. The van der Waals surface area contributed by atoms with E-state index in [2.05, 4.69) is 0 Å². The van der Waals surface area contributed by atoms with E-state index in [9.17, 15) is 0 Å². The molecule has 0 aromatic carbocycles. The van der Waals surface area contributed by atoms with E-state index in [0.29, 0.717) is 0 Å². The van der Waals surface area contributed by atoms with Crippen LogP contribution >= 0.6 is 7.82 Å². The third-order valence-electron chi connectivity index (χ3n) is 0. The predicted molar refractivity (Wildman–Crippen MR) is 36.5 cm³/mol. The van der Waals surface area contributed by atoms with Crippen molar-refractivity contribution in [1.29, 1.82) is 0 Å². The smallest absolute Gasteiger partial charge is 0.822 e. The molecule has 0 aliphatic heterocycles. The van der Waals surface area contributed by atoms with Crippen LogP contribution in [0.4, 0.5) is 0 Å². The Balaban J connectivity index is -0.00000000222. The van der Waals surface area contributed by atoms with Gasteiger partial charge in [0.15, 0.2) is 0 Å². The SMILES string of the molecule is O.O.O.O.O.O.O.O.O=P([O-])([O-])[O-].[Y+3]. The first-order valence-corrected chi connectivity index (χ1v) is 2.19. The predicted octanol–water partition coefficient (Wildman–Crippen LogP) is -9.42. The maximum Gasteiger partial charge on any atom is 3.00 e. The van der Waals surface area contributed by atoms with Crippen molar-refractivity contribution in [2.45, 2.75) is 0 Å². The van der Waals surface area contributed by atoms with Crippen molar-refractivity contribution in [3.05, 3.63) is 0 Å². The maximum absolute atomic E-state index is 8.55. The van der Waals surface area contributed by atoms with Crippen molar-refractivity contribution in [3.63, 3.8) is 0 Å². The molecule has 0 saturated carbocycles. The molecule has 0 aromatic heterocycles. The van der Waals surface area contributed by atoms with Gasteiger partial charge in [-0.3, -0.25) is 0 Å². The van der Waals surface area contributed by atoms with Gasteiger partial charge in [-0.05, 0) is 0 Å². The van der Waals surface area contributed by atoms with E-state index in [1.54, 1.807) is 0 Å². The summed E-state index contributed by atoms with van der Waals surface area (Å²) in [4.78, 5) is 25.6. The quantitative estimate of drug-likeness (QED) is 0.390. The van der Waals surface area contributed by atoms with E-state index in [1.165, 1.54) is 0 Å². The van der Waals surface area contributed by atoms with E-state index in [1.807, 2.05) is 0 Å². The van der Waals surface area contributed by atoms with Gasteiger partial charge in [-0.2, -0.15) is 7.82 Å². The first-order chi connectivity index (χ1) is 2.00. The maximum atomic E-state index is 8.55. The summed E-state index contributed by atoms with van der Waals surface area (Å²) in [5, 5.41) is 0. The Bertz CT molecular complexity index is 56.5. The van der Waals surface area contributed by atoms with Crippen LogP contribution in [0, 0.1) is 0 Å². The van der Waals surface area contributed by atoms with Crippen molar-refractivity contribution in [1.82, 2.24) is 0 Å². The normalized spacial score (nSPS) is 4.21. The Morgan fingerprint density at radius 2 is 0.571 bits per heavy atom. The Labute approximate surface area is 104 Å². The summed E-state index contributed by atoms with van der Waals surface area (Å²) in [6, 6.07) is 0. The molecule has 0 spiro atoms. The van der Waals surface area contributed by atoms with Crippen LogP contribution in [-0.4, -0.2) is 43.8 Å². The molecule has 96 valence electrons. The average molecular weight is 328 g/mol. The van der Waals surface area contributed by atoms with Crippen LogP contribution in [0.1, 0.15) is 0 Å². The van der Waals surface area contributed by atoms with Crippen LogP contribution in [0.2, 0.25) is 0 Å². The van der Waals surface area contributed by atoms with Gasteiger partial charge in [-0.1, -0.05) is 0 Å². The summed E-state index contributed by atoms with van der Waals surface area (Å²) >= 11 is 0. The van der Waals surface area contributed by atoms with Gasteiger partial charge in [0.2, 0.25) is 0 Å². The van der Waals surface area contributed by atoms with Gasteiger partial charge >= 0.3 is 32.7 Å². The molecule has 0 aliphatic rings. The minimum absolute atomic E-state index is 0. The van der Waals surface area contributed by atoms with Crippen LogP contribution in [0.5, 0.6) is 0 Å². The second kappa shape index (κ2) is 48.6. The number of phosphoric acid groups is 1. The Morgan fingerprint density at radius 3 is 0.571 bits per heavy atom. The zero-order chi connectivity index (χ0) is 4.50. The largest absolute Gasteiger partial charge is 3.00 e. The van der Waals surface area contributed by atoms with E-state index in [0.717, 1.165) is 0 Å². The van der Waals surface area contributed by atoms with Gasteiger partial charge in [0.1, 0.15) is 0 Å². The minimum atomic E-state index is -5.39. The Kier molecular flexibility index (Phi) is 417. The molecule has 0 saturated heterocycles. The van der Waals surface area contributed by atoms with Gasteiger partial charge in [0.05, 0.1) is 0 Å². The molecule has 14 heavy (non-hydrogen) atoms. The van der Waals surface area contributed by atoms with Crippen molar-refractivity contribution in [2.24, 2.45) is 0 Å². The van der Waals surface area contributed by atoms with Crippen LogP contribution in [0.3, 0.4) is 0 Å². The third kappa shape index (κ3) is 2280. The first kappa shape index (κ1) is 120. The van der Waals surface area contributed by atoms with E-state index >= 15 is 0 Å². The Morgan fingerprint density at radius 1 is 0.571 bits per heavy atom. The van der Waals surface area contributed by atoms with E-state index < -0.39 is 7.82 Å². The zero-order valence-corrected chi connectivity index (χ0v) is 10.4. The molecule has 0 fully saturated rings. The summed E-state index contributed by atoms with van der Waals surface area (Å²) < 4.78 is 8.55. The van der Waals surface area contributed by atoms with Gasteiger partial charge in [-0.15, -0.1) is 0 Å². The summed E-state index contributed by atoms with van der Waals surface area (Å²) in [7, 11) is -5.39. The van der Waals surface area contributed by atoms with Gasteiger partial charge in [0.25, 0.3) is 0 Å². The van der Waals surface area contributed by atoms with Gasteiger partial charge in [0, 0.05) is 0 Å². The molecule has 0 radical (unpaired) electrons. The molecule has 0 amide bonds. The average Bonchev–Trinajstić information content (AvgIpc) is 0.722. The fourth-order valence-electron chi connectivity index (χ4n) is 0. The standard InChI is InChI=1S/H3O4P.8H2O.Y/c1-5(2,3)4;;;;;;;;;/h(H3,1,2,3,4);8*1H2;/q;;;;;;;;;+3/p-3. The molecule has 0 unspecified atom stereocenters. The summed E-state index contributed by atoms with van der Waals surface area (Å²) in [5.41, 5.74) is 0. The molecule has 0 bridgehead atoms. The fraction of sp³-hybridized carbons (Fsp3) is 0. The topological polar surface area (TPSA) is 338 Å². The number of rotatable bonds is 0. The molecular formula is H16O12PY. The molecule has 16 N–H and O–H groups in total. The monoisotopic (exact) mass is 328 g/mol. The minimum Gasteiger partial charge on any atom is -0.822 e. The van der Waals surface area contributed by atoms with Crippen LogP contribution in [0.25, 0.3) is 0 Å². The zero-order valence-electron chi connectivity index (χ0n) is 6.66. The molecular weight excluding hydrogens is 312 g/mol. The third-order valence-corrected chi connectivity index (χ3v) is 0. The van der Waals surface area contributed by atoms with Gasteiger partial charge in [-0.25, -0.2) is 0 Å². The molecule has 0 rings (SSSR count). The molecule has 0 heterocycles. The van der Waals surface area contributed by atoms with Crippen molar-refractivity contribution in [2.75, 3.05) is 0 Å². The van der Waals surface area contributed by atoms with Crippen molar-refractivity contribution < 1.29 is 95.8 Å². The summed E-state index contributed by atoms with van der Waals surface area (Å²) in [6.45, 7) is 0.